The lowest BCUT2D eigenvalue weighted by Crippen LogP contribution is -2.42. The van der Waals surface area contributed by atoms with E-state index in [2.05, 4.69) is 15.5 Å². The minimum Gasteiger partial charge on any atom is -0.368 e. The average Bonchev–Trinajstić information content (AvgIpc) is 2.95. The van der Waals surface area contributed by atoms with Gasteiger partial charge in [-0.05, 0) is 26.8 Å². The average molecular weight is 338 g/mol. The Labute approximate surface area is 144 Å². The van der Waals surface area contributed by atoms with Crippen LogP contribution in [0.1, 0.15) is 28.5 Å². The standard InChI is InChI=1S/C18H18N4O3/c1-9-4-6-12(7-5-9)14-8-13(17(24)20-11(3)16(19)23)15-10(2)22-25-18(15)21-14/h4-8,11H,1-3H3,(H2,19,23)(H,20,24)/t11-/m1/s1. The number of carbonyl (C=O) groups excluding carboxylic acids is 2. The molecule has 0 bridgehead atoms. The highest BCUT2D eigenvalue weighted by molar-refractivity contribution is 6.08. The fourth-order valence-corrected chi connectivity index (χ4v) is 2.49. The molecule has 0 unspecified atom stereocenters. The summed E-state index contributed by atoms with van der Waals surface area (Å²) in [6.45, 7) is 5.25. The van der Waals surface area contributed by atoms with Crippen LogP contribution in [-0.2, 0) is 4.79 Å². The molecule has 128 valence electrons. The van der Waals surface area contributed by atoms with Crippen molar-refractivity contribution in [3.8, 4) is 11.3 Å². The number of pyridine rings is 1. The third-order valence-corrected chi connectivity index (χ3v) is 3.98. The molecule has 25 heavy (non-hydrogen) atoms. The zero-order valence-electron chi connectivity index (χ0n) is 14.2. The molecule has 0 radical (unpaired) electrons. The summed E-state index contributed by atoms with van der Waals surface area (Å²) < 4.78 is 5.25. The maximum absolute atomic E-state index is 12.6. The number of amides is 2. The highest BCUT2D eigenvalue weighted by Gasteiger charge is 2.21. The first-order chi connectivity index (χ1) is 11.9. The molecule has 2 amide bonds. The molecule has 0 saturated carbocycles. The van der Waals surface area contributed by atoms with E-state index in [0.29, 0.717) is 22.3 Å². The lowest BCUT2D eigenvalue weighted by atomic mass is 10.0. The minimum absolute atomic E-state index is 0.271. The normalized spacial score (nSPS) is 12.1. The Morgan fingerprint density at radius 2 is 1.88 bits per heavy atom. The Kier molecular flexibility index (Phi) is 4.22. The molecule has 0 aliphatic carbocycles. The smallest absolute Gasteiger partial charge is 0.259 e. The number of nitrogens with one attached hydrogen (secondary N) is 1. The Bertz CT molecular complexity index is 960. The molecule has 2 heterocycles. The number of aromatic nitrogens is 2. The van der Waals surface area contributed by atoms with Crippen molar-refractivity contribution in [3.05, 3.63) is 47.2 Å². The maximum Gasteiger partial charge on any atom is 0.259 e. The van der Waals surface area contributed by atoms with Crippen LogP contribution in [0.15, 0.2) is 34.9 Å². The first-order valence-corrected chi connectivity index (χ1v) is 7.81. The summed E-state index contributed by atoms with van der Waals surface area (Å²) in [6.07, 6.45) is 0. The van der Waals surface area contributed by atoms with Crippen LogP contribution >= 0.6 is 0 Å². The van der Waals surface area contributed by atoms with E-state index in [1.165, 1.54) is 6.92 Å². The van der Waals surface area contributed by atoms with Gasteiger partial charge in [-0.15, -0.1) is 0 Å². The highest BCUT2D eigenvalue weighted by Crippen LogP contribution is 2.27. The zero-order valence-corrected chi connectivity index (χ0v) is 14.2. The van der Waals surface area contributed by atoms with Crippen molar-refractivity contribution >= 4 is 22.9 Å². The lowest BCUT2D eigenvalue weighted by Gasteiger charge is -2.11. The molecule has 3 aromatic rings. The molecule has 0 aliphatic heterocycles. The van der Waals surface area contributed by atoms with Crippen molar-refractivity contribution in [2.24, 2.45) is 5.73 Å². The molecule has 3 N–H and O–H groups in total. The highest BCUT2D eigenvalue weighted by atomic mass is 16.5. The number of primary amides is 1. The lowest BCUT2D eigenvalue weighted by molar-refractivity contribution is -0.119. The first kappa shape index (κ1) is 16.6. The van der Waals surface area contributed by atoms with E-state index in [1.807, 2.05) is 31.2 Å². The van der Waals surface area contributed by atoms with E-state index in [9.17, 15) is 9.59 Å². The van der Waals surface area contributed by atoms with Gasteiger partial charge in [0.1, 0.15) is 6.04 Å². The van der Waals surface area contributed by atoms with E-state index in [0.717, 1.165) is 11.1 Å². The number of benzene rings is 1. The van der Waals surface area contributed by atoms with Gasteiger partial charge in [0.15, 0.2) is 0 Å². The summed E-state index contributed by atoms with van der Waals surface area (Å²) >= 11 is 0. The number of fused-ring (bicyclic) bond motifs is 1. The van der Waals surface area contributed by atoms with Gasteiger partial charge in [0.05, 0.1) is 22.3 Å². The minimum atomic E-state index is -0.793. The van der Waals surface area contributed by atoms with Crippen LogP contribution < -0.4 is 11.1 Å². The Hall–Kier alpha value is -3.22. The van der Waals surface area contributed by atoms with Crippen molar-refractivity contribution in [2.75, 3.05) is 0 Å². The number of nitrogens with zero attached hydrogens (tertiary/aromatic N) is 2. The van der Waals surface area contributed by atoms with Crippen LogP contribution in [0, 0.1) is 13.8 Å². The summed E-state index contributed by atoms with van der Waals surface area (Å²) in [5.74, 6) is -1.04. The Morgan fingerprint density at radius 3 is 2.52 bits per heavy atom. The predicted octanol–water partition coefficient (Wildman–Crippen LogP) is 2.11. The monoisotopic (exact) mass is 338 g/mol. The van der Waals surface area contributed by atoms with Gasteiger partial charge in [0.2, 0.25) is 5.91 Å². The number of aryl methyl sites for hydroxylation is 2. The quantitative estimate of drug-likeness (QED) is 0.757. The summed E-state index contributed by atoms with van der Waals surface area (Å²) in [5, 5.41) is 6.99. The van der Waals surface area contributed by atoms with Crippen LogP contribution in [-0.4, -0.2) is 28.0 Å². The molecular formula is C18H18N4O3. The number of rotatable bonds is 4. The van der Waals surface area contributed by atoms with E-state index >= 15 is 0 Å². The van der Waals surface area contributed by atoms with Gasteiger partial charge in [0.25, 0.3) is 11.6 Å². The van der Waals surface area contributed by atoms with Crippen LogP contribution in [0.5, 0.6) is 0 Å². The predicted molar refractivity (Wildman–Crippen MR) is 92.8 cm³/mol. The van der Waals surface area contributed by atoms with Gasteiger partial charge in [0, 0.05) is 5.56 Å². The molecule has 0 aliphatic rings. The molecule has 3 rings (SSSR count). The second-order valence-corrected chi connectivity index (χ2v) is 5.97. The molecular weight excluding hydrogens is 320 g/mol. The Balaban J connectivity index is 2.12. The van der Waals surface area contributed by atoms with Gasteiger partial charge in [-0.25, -0.2) is 4.98 Å². The fraction of sp³-hybridized carbons (Fsp3) is 0.222. The SMILES string of the molecule is Cc1ccc(-c2cc(C(=O)N[C@H](C)C(N)=O)c3c(C)noc3n2)cc1. The topological polar surface area (TPSA) is 111 Å². The fourth-order valence-electron chi connectivity index (χ4n) is 2.49. The summed E-state index contributed by atoms with van der Waals surface area (Å²) in [6, 6.07) is 8.63. The second-order valence-electron chi connectivity index (χ2n) is 5.97. The summed E-state index contributed by atoms with van der Waals surface area (Å²) in [5.41, 5.74) is 8.93. The van der Waals surface area contributed by atoms with E-state index < -0.39 is 17.9 Å². The van der Waals surface area contributed by atoms with Crippen LogP contribution in [0.3, 0.4) is 0 Å². The van der Waals surface area contributed by atoms with Gasteiger partial charge < -0.3 is 15.6 Å². The van der Waals surface area contributed by atoms with Gasteiger partial charge in [-0.2, -0.15) is 0 Å². The van der Waals surface area contributed by atoms with E-state index in [1.54, 1.807) is 13.0 Å². The number of carbonyl (C=O) groups is 2. The molecule has 0 spiro atoms. The van der Waals surface area contributed by atoms with Crippen LogP contribution in [0.2, 0.25) is 0 Å². The second kappa shape index (κ2) is 6.35. The van der Waals surface area contributed by atoms with Gasteiger partial charge in [-0.1, -0.05) is 35.0 Å². The number of hydrogen-bond donors (Lipinski definition) is 2. The third kappa shape index (κ3) is 3.21. The molecule has 1 atom stereocenters. The molecule has 2 aromatic heterocycles. The zero-order chi connectivity index (χ0) is 18.1. The third-order valence-electron chi connectivity index (χ3n) is 3.98. The number of nitrogens with two attached hydrogens (primary N) is 1. The largest absolute Gasteiger partial charge is 0.368 e. The van der Waals surface area contributed by atoms with Gasteiger partial charge in [-0.3, -0.25) is 9.59 Å². The molecule has 1 aromatic carbocycles. The molecule has 0 fully saturated rings. The molecule has 7 heteroatoms. The van der Waals surface area contributed by atoms with Crippen molar-refractivity contribution < 1.29 is 14.1 Å². The van der Waals surface area contributed by atoms with Crippen molar-refractivity contribution in [1.29, 1.82) is 0 Å². The van der Waals surface area contributed by atoms with E-state index in [-0.39, 0.29) is 5.71 Å². The number of hydrogen-bond acceptors (Lipinski definition) is 5. The Morgan fingerprint density at radius 1 is 1.20 bits per heavy atom. The van der Waals surface area contributed by atoms with Crippen molar-refractivity contribution in [1.82, 2.24) is 15.5 Å². The van der Waals surface area contributed by atoms with E-state index in [4.69, 9.17) is 10.3 Å². The summed E-state index contributed by atoms with van der Waals surface area (Å²) in [7, 11) is 0. The van der Waals surface area contributed by atoms with Gasteiger partial charge >= 0.3 is 0 Å². The van der Waals surface area contributed by atoms with Crippen molar-refractivity contribution in [2.45, 2.75) is 26.8 Å². The van der Waals surface area contributed by atoms with Crippen LogP contribution in [0.4, 0.5) is 0 Å². The molecule has 0 saturated heterocycles. The summed E-state index contributed by atoms with van der Waals surface area (Å²) in [4.78, 5) is 28.3. The first-order valence-electron chi connectivity index (χ1n) is 7.81. The molecule has 7 nitrogen and oxygen atoms in total. The van der Waals surface area contributed by atoms with Crippen molar-refractivity contribution in [3.63, 3.8) is 0 Å². The van der Waals surface area contributed by atoms with Crippen LogP contribution in [0.25, 0.3) is 22.4 Å². The maximum atomic E-state index is 12.6.